The summed E-state index contributed by atoms with van der Waals surface area (Å²) in [6, 6.07) is 5.68. The fraction of sp³-hybridized carbons (Fsp3) is 0.562. The van der Waals surface area contributed by atoms with Crippen molar-refractivity contribution in [2.45, 2.75) is 19.1 Å². The third-order valence-corrected chi connectivity index (χ3v) is 3.73. The predicted octanol–water partition coefficient (Wildman–Crippen LogP) is 1.18. The van der Waals surface area contributed by atoms with E-state index in [1.807, 2.05) is 18.2 Å². The number of hydrogen-bond donors (Lipinski definition) is 1. The number of nitrogens with two attached hydrogens (primary N) is 1. The summed E-state index contributed by atoms with van der Waals surface area (Å²) in [7, 11) is 3.17. The Kier molecular flexibility index (Phi) is 8.84. The van der Waals surface area contributed by atoms with Gasteiger partial charge in [-0.15, -0.1) is 12.4 Å². The van der Waals surface area contributed by atoms with Crippen LogP contribution < -0.4 is 15.2 Å². The Bertz CT molecular complexity index is 525. The second-order valence-corrected chi connectivity index (χ2v) is 5.29. The van der Waals surface area contributed by atoms with E-state index in [0.29, 0.717) is 32.0 Å². The number of fused-ring (bicyclic) bond motifs is 1. The van der Waals surface area contributed by atoms with Gasteiger partial charge in [-0.3, -0.25) is 4.79 Å². The number of halogens is 1. The van der Waals surface area contributed by atoms with Gasteiger partial charge in [0.05, 0.1) is 19.1 Å². The van der Waals surface area contributed by atoms with E-state index in [1.54, 1.807) is 19.1 Å². The first-order valence-corrected chi connectivity index (χ1v) is 7.56. The second-order valence-electron chi connectivity index (χ2n) is 5.29. The van der Waals surface area contributed by atoms with Gasteiger partial charge in [-0.2, -0.15) is 0 Å². The normalized spacial score (nSPS) is 13.3. The lowest BCUT2D eigenvalue weighted by atomic mass is 10.1. The number of methoxy groups -OCH3 is 2. The molecule has 0 fully saturated rings. The van der Waals surface area contributed by atoms with Crippen LogP contribution in [0.25, 0.3) is 0 Å². The summed E-state index contributed by atoms with van der Waals surface area (Å²) in [4.78, 5) is 14.2. The molecule has 1 heterocycles. The van der Waals surface area contributed by atoms with Crippen LogP contribution in [-0.2, 0) is 20.8 Å². The van der Waals surface area contributed by atoms with Gasteiger partial charge in [0.25, 0.3) is 0 Å². The van der Waals surface area contributed by atoms with Gasteiger partial charge in [-0.1, -0.05) is 6.07 Å². The minimum absolute atomic E-state index is 0. The van der Waals surface area contributed by atoms with Crippen LogP contribution in [0.5, 0.6) is 11.5 Å². The Morgan fingerprint density at radius 1 is 1.33 bits per heavy atom. The molecule has 2 rings (SSSR count). The molecule has 136 valence electrons. The van der Waals surface area contributed by atoms with Crippen LogP contribution in [0.15, 0.2) is 18.2 Å². The summed E-state index contributed by atoms with van der Waals surface area (Å²) in [6.45, 7) is 1.99. The molecule has 2 N–H and O–H groups in total. The standard InChI is InChI=1S/C16H24N2O5.ClH/c1-20-6-5-18(16(19)8-13(9-17)21-2)10-12-3-4-14-15(7-12)23-11-22-14;/h3-4,7,13H,5-6,8-11,17H2,1-2H3;1H. The van der Waals surface area contributed by atoms with Crippen molar-refractivity contribution in [1.82, 2.24) is 4.90 Å². The highest BCUT2D eigenvalue weighted by Gasteiger charge is 2.20. The molecule has 0 spiro atoms. The first kappa shape index (κ1) is 20.5. The van der Waals surface area contributed by atoms with Crippen LogP contribution >= 0.6 is 12.4 Å². The monoisotopic (exact) mass is 360 g/mol. The molecule has 1 amide bonds. The van der Waals surface area contributed by atoms with Crippen LogP contribution in [0.1, 0.15) is 12.0 Å². The largest absolute Gasteiger partial charge is 0.454 e. The average Bonchev–Trinajstić information content (AvgIpc) is 3.03. The Morgan fingerprint density at radius 3 is 2.75 bits per heavy atom. The highest BCUT2D eigenvalue weighted by atomic mass is 35.5. The third kappa shape index (κ3) is 5.52. The van der Waals surface area contributed by atoms with E-state index in [1.165, 1.54) is 0 Å². The molecule has 0 saturated carbocycles. The molecule has 1 aromatic rings. The Balaban J connectivity index is 0.00000288. The molecule has 7 nitrogen and oxygen atoms in total. The van der Waals surface area contributed by atoms with E-state index in [0.717, 1.165) is 11.3 Å². The molecule has 1 unspecified atom stereocenters. The zero-order chi connectivity index (χ0) is 16.7. The van der Waals surface area contributed by atoms with Crippen LogP contribution in [0.3, 0.4) is 0 Å². The van der Waals surface area contributed by atoms with Gasteiger partial charge in [0.2, 0.25) is 12.7 Å². The smallest absolute Gasteiger partial charge is 0.231 e. The minimum Gasteiger partial charge on any atom is -0.454 e. The van der Waals surface area contributed by atoms with Crippen LogP contribution in [0, 0.1) is 0 Å². The summed E-state index contributed by atoms with van der Waals surface area (Å²) in [5.74, 6) is 1.42. The van der Waals surface area contributed by atoms with Gasteiger partial charge in [-0.05, 0) is 17.7 Å². The van der Waals surface area contributed by atoms with Crippen LogP contribution in [0.4, 0.5) is 0 Å². The first-order valence-electron chi connectivity index (χ1n) is 7.56. The zero-order valence-corrected chi connectivity index (χ0v) is 14.8. The van der Waals surface area contributed by atoms with Crippen molar-refractivity contribution in [3.8, 4) is 11.5 Å². The molecule has 1 aromatic carbocycles. The van der Waals surface area contributed by atoms with Crippen molar-refractivity contribution in [3.05, 3.63) is 23.8 Å². The number of hydrogen-bond acceptors (Lipinski definition) is 6. The number of nitrogens with zero attached hydrogens (tertiary/aromatic N) is 1. The summed E-state index contributed by atoms with van der Waals surface area (Å²) in [5.41, 5.74) is 6.57. The number of benzene rings is 1. The lowest BCUT2D eigenvalue weighted by molar-refractivity contribution is -0.134. The molecule has 0 radical (unpaired) electrons. The van der Waals surface area contributed by atoms with Crippen molar-refractivity contribution < 1.29 is 23.7 Å². The maximum Gasteiger partial charge on any atom is 0.231 e. The van der Waals surface area contributed by atoms with Crippen molar-refractivity contribution >= 4 is 18.3 Å². The van der Waals surface area contributed by atoms with E-state index in [4.69, 9.17) is 24.7 Å². The Labute approximate surface area is 148 Å². The maximum atomic E-state index is 12.5. The second kappa shape index (κ2) is 10.4. The van der Waals surface area contributed by atoms with Crippen LogP contribution in [0.2, 0.25) is 0 Å². The fourth-order valence-corrected chi connectivity index (χ4v) is 2.34. The summed E-state index contributed by atoms with van der Waals surface area (Å²) >= 11 is 0. The zero-order valence-electron chi connectivity index (χ0n) is 14.0. The highest BCUT2D eigenvalue weighted by Crippen LogP contribution is 2.32. The number of carbonyl (C=O) groups excluding carboxylic acids is 1. The van der Waals surface area contributed by atoms with E-state index in [2.05, 4.69) is 0 Å². The molecule has 0 aromatic heterocycles. The number of carbonyl (C=O) groups is 1. The molecule has 1 aliphatic heterocycles. The van der Waals surface area contributed by atoms with Gasteiger partial charge >= 0.3 is 0 Å². The molecule has 1 atom stereocenters. The van der Waals surface area contributed by atoms with E-state index in [9.17, 15) is 4.79 Å². The number of rotatable bonds is 9. The molecule has 0 aliphatic carbocycles. The lowest BCUT2D eigenvalue weighted by Gasteiger charge is -2.24. The molecule has 0 bridgehead atoms. The predicted molar refractivity (Wildman–Crippen MR) is 91.6 cm³/mol. The van der Waals surface area contributed by atoms with Gasteiger partial charge < -0.3 is 29.6 Å². The molecular formula is C16H25ClN2O5. The van der Waals surface area contributed by atoms with Crippen molar-refractivity contribution in [2.75, 3.05) is 40.7 Å². The van der Waals surface area contributed by atoms with Gasteiger partial charge in [0.15, 0.2) is 11.5 Å². The van der Waals surface area contributed by atoms with Gasteiger partial charge in [0.1, 0.15) is 0 Å². The average molecular weight is 361 g/mol. The van der Waals surface area contributed by atoms with Gasteiger partial charge in [-0.25, -0.2) is 0 Å². The van der Waals surface area contributed by atoms with E-state index >= 15 is 0 Å². The van der Waals surface area contributed by atoms with Crippen LogP contribution in [-0.4, -0.2) is 57.6 Å². The highest BCUT2D eigenvalue weighted by molar-refractivity contribution is 5.85. The SMILES string of the molecule is COCCN(Cc1ccc2c(c1)OCO2)C(=O)CC(CN)OC.Cl. The molecule has 8 heteroatoms. The minimum atomic E-state index is -0.274. The molecule has 1 aliphatic rings. The molecule has 24 heavy (non-hydrogen) atoms. The third-order valence-electron chi connectivity index (χ3n) is 3.73. The van der Waals surface area contributed by atoms with Crippen molar-refractivity contribution in [2.24, 2.45) is 5.73 Å². The van der Waals surface area contributed by atoms with E-state index in [-0.39, 0.29) is 37.6 Å². The fourth-order valence-electron chi connectivity index (χ4n) is 2.34. The number of amides is 1. The molecule has 0 saturated heterocycles. The van der Waals surface area contributed by atoms with Crippen molar-refractivity contribution in [1.29, 1.82) is 0 Å². The van der Waals surface area contributed by atoms with Crippen molar-refractivity contribution in [3.63, 3.8) is 0 Å². The Morgan fingerprint density at radius 2 is 2.08 bits per heavy atom. The van der Waals surface area contributed by atoms with Gasteiger partial charge in [0, 0.05) is 33.9 Å². The van der Waals surface area contributed by atoms with E-state index < -0.39 is 0 Å². The Hall–Kier alpha value is -1.54. The quantitative estimate of drug-likeness (QED) is 0.712. The summed E-state index contributed by atoms with van der Waals surface area (Å²) in [5, 5.41) is 0. The maximum absolute atomic E-state index is 12.5. The first-order chi connectivity index (χ1) is 11.2. The molecular weight excluding hydrogens is 336 g/mol. The number of ether oxygens (including phenoxy) is 4. The lowest BCUT2D eigenvalue weighted by Crippen LogP contribution is -2.37. The summed E-state index contributed by atoms with van der Waals surface area (Å²) in [6.07, 6.45) is -0.0225. The topological polar surface area (TPSA) is 83.2 Å². The summed E-state index contributed by atoms with van der Waals surface area (Å²) < 4.78 is 21.0.